The maximum Gasteiger partial charge on any atom is 0.0484 e. The van der Waals surface area contributed by atoms with Crippen LogP contribution in [0.2, 0.25) is 5.02 Å². The molecule has 1 aromatic heterocycles. The Bertz CT molecular complexity index is 297. The Morgan fingerprint density at radius 2 is 2.38 bits per heavy atom. The van der Waals surface area contributed by atoms with Gasteiger partial charge in [0.1, 0.15) is 0 Å². The van der Waals surface area contributed by atoms with E-state index in [1.165, 1.54) is 12.8 Å². The van der Waals surface area contributed by atoms with Gasteiger partial charge in [-0.1, -0.05) is 24.4 Å². The molecule has 13 heavy (non-hydrogen) atoms. The first-order chi connectivity index (χ1) is 6.27. The molecule has 1 atom stereocenters. The number of hydrogen-bond acceptors (Lipinski definition) is 2. The zero-order chi connectivity index (χ0) is 9.26. The number of aromatic nitrogens is 1. The molecule has 2 nitrogen and oxygen atoms in total. The highest BCUT2D eigenvalue weighted by Crippen LogP contribution is 2.37. The summed E-state index contributed by atoms with van der Waals surface area (Å²) in [7, 11) is 0. The summed E-state index contributed by atoms with van der Waals surface area (Å²) >= 11 is 6.00. The minimum atomic E-state index is 0.0636. The summed E-state index contributed by atoms with van der Waals surface area (Å²) in [5.41, 5.74) is 6.99. The lowest BCUT2D eigenvalue weighted by atomic mass is 10.0. The van der Waals surface area contributed by atoms with Crippen molar-refractivity contribution in [3.63, 3.8) is 0 Å². The fourth-order valence-corrected chi connectivity index (χ4v) is 1.75. The summed E-state index contributed by atoms with van der Waals surface area (Å²) in [6.07, 6.45) is 7.16. The van der Waals surface area contributed by atoms with Gasteiger partial charge in [-0.3, -0.25) is 4.98 Å². The van der Waals surface area contributed by atoms with Crippen molar-refractivity contribution in [1.29, 1.82) is 0 Å². The average Bonchev–Trinajstić information content (AvgIpc) is 2.89. The van der Waals surface area contributed by atoms with Crippen LogP contribution in [0.4, 0.5) is 0 Å². The Hall–Kier alpha value is -0.600. The molecule has 2 rings (SSSR count). The van der Waals surface area contributed by atoms with E-state index in [0.29, 0.717) is 0 Å². The molecule has 1 saturated carbocycles. The molecular weight excluding hydrogens is 184 g/mol. The highest BCUT2D eigenvalue weighted by atomic mass is 35.5. The quantitative estimate of drug-likeness (QED) is 0.807. The summed E-state index contributed by atoms with van der Waals surface area (Å²) in [6.45, 7) is 0. The highest BCUT2D eigenvalue weighted by molar-refractivity contribution is 6.31. The van der Waals surface area contributed by atoms with Crippen LogP contribution in [0.3, 0.4) is 0 Å². The van der Waals surface area contributed by atoms with E-state index in [0.717, 1.165) is 22.9 Å². The molecule has 70 valence electrons. The largest absolute Gasteiger partial charge is 0.324 e. The second kappa shape index (κ2) is 3.64. The van der Waals surface area contributed by atoms with Crippen LogP contribution in [0.25, 0.3) is 0 Å². The Balaban J connectivity index is 2.09. The normalized spacial score (nSPS) is 18.6. The Labute approximate surface area is 83.1 Å². The molecule has 1 heterocycles. The second-order valence-electron chi connectivity index (χ2n) is 3.68. The zero-order valence-electron chi connectivity index (χ0n) is 7.41. The maximum absolute atomic E-state index is 6.01. The van der Waals surface area contributed by atoms with Gasteiger partial charge in [-0.15, -0.1) is 0 Å². The fourth-order valence-electron chi connectivity index (χ4n) is 1.50. The van der Waals surface area contributed by atoms with Crippen molar-refractivity contribution in [3.05, 3.63) is 29.0 Å². The molecule has 0 aliphatic heterocycles. The standard InChI is InChI=1S/C10H13ClN2/c11-9-3-4-13-6-8(9)10(12)5-7-1-2-7/h3-4,6-7,10H,1-2,5,12H2. The predicted molar refractivity (Wildman–Crippen MR) is 53.5 cm³/mol. The lowest BCUT2D eigenvalue weighted by Crippen LogP contribution is -2.11. The molecule has 1 aliphatic rings. The van der Waals surface area contributed by atoms with Gasteiger partial charge in [0.2, 0.25) is 0 Å². The third-order valence-electron chi connectivity index (χ3n) is 2.48. The smallest absolute Gasteiger partial charge is 0.0484 e. The lowest BCUT2D eigenvalue weighted by molar-refractivity contribution is 0.595. The van der Waals surface area contributed by atoms with E-state index in [9.17, 15) is 0 Å². The number of nitrogens with two attached hydrogens (primary N) is 1. The first-order valence-corrected chi connectivity index (χ1v) is 5.00. The van der Waals surface area contributed by atoms with Crippen molar-refractivity contribution in [2.45, 2.75) is 25.3 Å². The summed E-state index contributed by atoms with van der Waals surface area (Å²) in [4.78, 5) is 4.03. The number of rotatable bonds is 3. The van der Waals surface area contributed by atoms with Crippen LogP contribution in [-0.2, 0) is 0 Å². The molecule has 0 amide bonds. The lowest BCUT2D eigenvalue weighted by Gasteiger charge is -2.11. The number of halogens is 1. The fraction of sp³-hybridized carbons (Fsp3) is 0.500. The zero-order valence-corrected chi connectivity index (χ0v) is 8.17. The number of nitrogens with zero attached hydrogens (tertiary/aromatic N) is 1. The summed E-state index contributed by atoms with van der Waals surface area (Å²) in [6, 6.07) is 1.86. The van der Waals surface area contributed by atoms with Gasteiger partial charge in [-0.2, -0.15) is 0 Å². The van der Waals surface area contributed by atoms with Crippen molar-refractivity contribution in [1.82, 2.24) is 4.98 Å². The minimum Gasteiger partial charge on any atom is -0.324 e. The van der Waals surface area contributed by atoms with Gasteiger partial charge < -0.3 is 5.73 Å². The Morgan fingerprint density at radius 3 is 3.00 bits per heavy atom. The summed E-state index contributed by atoms with van der Waals surface area (Å²) < 4.78 is 0. The SMILES string of the molecule is NC(CC1CC1)c1cnccc1Cl. The van der Waals surface area contributed by atoms with E-state index < -0.39 is 0 Å². The van der Waals surface area contributed by atoms with Gasteiger partial charge in [0, 0.05) is 29.0 Å². The highest BCUT2D eigenvalue weighted by Gasteiger charge is 2.25. The van der Waals surface area contributed by atoms with Crippen molar-refractivity contribution >= 4 is 11.6 Å². The maximum atomic E-state index is 6.01. The van der Waals surface area contributed by atoms with Crippen molar-refractivity contribution in [3.8, 4) is 0 Å². The molecule has 0 spiro atoms. The van der Waals surface area contributed by atoms with Crippen molar-refractivity contribution < 1.29 is 0 Å². The summed E-state index contributed by atoms with van der Waals surface area (Å²) in [5, 5.41) is 0.739. The first kappa shape index (κ1) is 8.97. The van der Waals surface area contributed by atoms with Gasteiger partial charge in [-0.05, 0) is 18.4 Å². The molecule has 0 bridgehead atoms. The number of hydrogen-bond donors (Lipinski definition) is 1. The van der Waals surface area contributed by atoms with Crippen LogP contribution in [-0.4, -0.2) is 4.98 Å². The second-order valence-corrected chi connectivity index (χ2v) is 4.09. The first-order valence-electron chi connectivity index (χ1n) is 4.62. The molecule has 0 aromatic carbocycles. The Kier molecular flexibility index (Phi) is 2.51. The summed E-state index contributed by atoms with van der Waals surface area (Å²) in [5.74, 6) is 0.825. The van der Waals surface area contributed by atoms with Gasteiger partial charge in [-0.25, -0.2) is 0 Å². The van der Waals surface area contributed by atoms with Gasteiger partial charge in [0.25, 0.3) is 0 Å². The van der Waals surface area contributed by atoms with Gasteiger partial charge >= 0.3 is 0 Å². The monoisotopic (exact) mass is 196 g/mol. The minimum absolute atomic E-state index is 0.0636. The molecule has 1 aliphatic carbocycles. The van der Waals surface area contributed by atoms with E-state index in [1.54, 1.807) is 18.5 Å². The average molecular weight is 197 g/mol. The molecule has 1 unspecified atom stereocenters. The van der Waals surface area contributed by atoms with Gasteiger partial charge in [0.15, 0.2) is 0 Å². The van der Waals surface area contributed by atoms with Crippen molar-refractivity contribution in [2.24, 2.45) is 11.7 Å². The topological polar surface area (TPSA) is 38.9 Å². The van der Waals surface area contributed by atoms with Gasteiger partial charge in [0.05, 0.1) is 0 Å². The van der Waals surface area contributed by atoms with E-state index in [2.05, 4.69) is 4.98 Å². The third kappa shape index (κ3) is 2.20. The molecule has 2 N–H and O–H groups in total. The van der Waals surface area contributed by atoms with Crippen molar-refractivity contribution in [2.75, 3.05) is 0 Å². The van der Waals surface area contributed by atoms with Crippen LogP contribution in [0, 0.1) is 5.92 Å². The molecule has 3 heteroatoms. The van der Waals surface area contributed by atoms with E-state index in [-0.39, 0.29) is 6.04 Å². The van der Waals surface area contributed by atoms with E-state index in [1.807, 2.05) is 0 Å². The van der Waals surface area contributed by atoms with E-state index >= 15 is 0 Å². The molecule has 0 saturated heterocycles. The molecule has 0 radical (unpaired) electrons. The van der Waals surface area contributed by atoms with Crippen LogP contribution < -0.4 is 5.73 Å². The van der Waals surface area contributed by atoms with Crippen LogP contribution in [0.15, 0.2) is 18.5 Å². The Morgan fingerprint density at radius 1 is 1.62 bits per heavy atom. The van der Waals surface area contributed by atoms with Crippen LogP contribution in [0.5, 0.6) is 0 Å². The molecular formula is C10H13ClN2. The van der Waals surface area contributed by atoms with Crippen LogP contribution >= 0.6 is 11.6 Å². The molecule has 1 aromatic rings. The van der Waals surface area contributed by atoms with E-state index in [4.69, 9.17) is 17.3 Å². The van der Waals surface area contributed by atoms with Crippen LogP contribution in [0.1, 0.15) is 30.9 Å². The molecule has 1 fully saturated rings. The predicted octanol–water partition coefficient (Wildman–Crippen LogP) is 2.53. The number of pyridine rings is 1. The third-order valence-corrected chi connectivity index (χ3v) is 2.82.